The Kier molecular flexibility index (Phi) is 4.96. The minimum absolute atomic E-state index is 0.0166. The minimum atomic E-state index is -0.144. The summed E-state index contributed by atoms with van der Waals surface area (Å²) >= 11 is 0. The number of fused-ring (bicyclic) bond motifs is 1. The van der Waals surface area contributed by atoms with Gasteiger partial charge < -0.3 is 15.3 Å². The number of amides is 2. The molecular formula is C16H20N2O2. The number of hydrogen-bond acceptors (Lipinski definition) is 2. The van der Waals surface area contributed by atoms with Gasteiger partial charge in [0, 0.05) is 19.6 Å². The molecule has 0 aromatic heterocycles. The van der Waals surface area contributed by atoms with E-state index in [1.807, 2.05) is 25.1 Å². The Morgan fingerprint density at radius 1 is 1.20 bits per heavy atom. The van der Waals surface area contributed by atoms with Crippen LogP contribution in [0.3, 0.4) is 0 Å². The summed E-state index contributed by atoms with van der Waals surface area (Å²) in [7, 11) is 0. The lowest BCUT2D eigenvalue weighted by molar-refractivity contribution is 0.180. The zero-order chi connectivity index (χ0) is 14.4. The number of carbonyl (C=O) groups excluding carboxylic acids is 1. The summed E-state index contributed by atoms with van der Waals surface area (Å²) in [5, 5.41) is 14.1. The summed E-state index contributed by atoms with van der Waals surface area (Å²) in [5.74, 6) is 0. The van der Waals surface area contributed by atoms with Gasteiger partial charge in [0.1, 0.15) is 0 Å². The van der Waals surface area contributed by atoms with E-state index < -0.39 is 0 Å². The first-order valence-electron chi connectivity index (χ1n) is 6.86. The zero-order valence-corrected chi connectivity index (χ0v) is 11.7. The van der Waals surface area contributed by atoms with E-state index in [4.69, 9.17) is 5.11 Å². The summed E-state index contributed by atoms with van der Waals surface area (Å²) in [5.41, 5.74) is 1.07. The molecule has 20 heavy (non-hydrogen) atoms. The normalized spacial score (nSPS) is 10.5. The monoisotopic (exact) mass is 272 g/mol. The Morgan fingerprint density at radius 2 is 1.95 bits per heavy atom. The average Bonchev–Trinajstić information content (AvgIpc) is 2.50. The predicted molar refractivity (Wildman–Crippen MR) is 80.5 cm³/mol. The van der Waals surface area contributed by atoms with Crippen molar-refractivity contribution >= 4 is 16.8 Å². The van der Waals surface area contributed by atoms with E-state index in [-0.39, 0.29) is 12.6 Å². The molecule has 2 aromatic rings. The van der Waals surface area contributed by atoms with E-state index in [2.05, 4.69) is 29.6 Å². The van der Waals surface area contributed by atoms with Crippen molar-refractivity contribution in [1.82, 2.24) is 10.2 Å². The Bertz CT molecular complexity index is 583. The second-order valence-corrected chi connectivity index (χ2v) is 4.64. The highest BCUT2D eigenvalue weighted by atomic mass is 16.3. The molecule has 0 bridgehead atoms. The number of urea groups is 1. The van der Waals surface area contributed by atoms with Crippen molar-refractivity contribution in [1.29, 1.82) is 0 Å². The molecular weight excluding hydrogens is 252 g/mol. The number of nitrogens with zero attached hydrogens (tertiary/aromatic N) is 1. The van der Waals surface area contributed by atoms with Gasteiger partial charge >= 0.3 is 6.03 Å². The minimum Gasteiger partial charge on any atom is -0.395 e. The average molecular weight is 272 g/mol. The van der Waals surface area contributed by atoms with Gasteiger partial charge in [-0.15, -0.1) is 0 Å². The van der Waals surface area contributed by atoms with Gasteiger partial charge in [-0.1, -0.05) is 36.4 Å². The summed E-state index contributed by atoms with van der Waals surface area (Å²) in [6.45, 7) is 3.32. The van der Waals surface area contributed by atoms with Crippen molar-refractivity contribution in [3.8, 4) is 0 Å². The van der Waals surface area contributed by atoms with Gasteiger partial charge in [-0.3, -0.25) is 0 Å². The third kappa shape index (κ3) is 3.48. The molecule has 2 N–H and O–H groups in total. The fourth-order valence-corrected chi connectivity index (χ4v) is 2.16. The van der Waals surface area contributed by atoms with Crippen molar-refractivity contribution in [3.05, 3.63) is 48.0 Å². The number of rotatable bonds is 5. The molecule has 0 spiro atoms. The van der Waals surface area contributed by atoms with Crippen molar-refractivity contribution in [2.24, 2.45) is 0 Å². The van der Waals surface area contributed by atoms with Crippen LogP contribution in [0, 0.1) is 0 Å². The van der Waals surface area contributed by atoms with Crippen LogP contribution in [-0.4, -0.2) is 35.7 Å². The molecule has 2 aromatic carbocycles. The molecule has 0 fully saturated rings. The molecule has 2 amide bonds. The van der Waals surface area contributed by atoms with E-state index in [0.717, 1.165) is 5.56 Å². The maximum absolute atomic E-state index is 11.9. The van der Waals surface area contributed by atoms with Gasteiger partial charge in [0.2, 0.25) is 0 Å². The molecule has 0 heterocycles. The largest absolute Gasteiger partial charge is 0.395 e. The third-order valence-electron chi connectivity index (χ3n) is 3.30. The highest BCUT2D eigenvalue weighted by molar-refractivity contribution is 5.83. The quantitative estimate of drug-likeness (QED) is 0.878. The van der Waals surface area contributed by atoms with Gasteiger partial charge in [-0.25, -0.2) is 4.79 Å². The maximum atomic E-state index is 11.9. The summed E-state index contributed by atoms with van der Waals surface area (Å²) in [6, 6.07) is 14.2. The molecule has 0 saturated heterocycles. The van der Waals surface area contributed by atoms with E-state index in [0.29, 0.717) is 19.6 Å². The van der Waals surface area contributed by atoms with Crippen molar-refractivity contribution in [2.75, 3.05) is 19.7 Å². The molecule has 0 unspecified atom stereocenters. The summed E-state index contributed by atoms with van der Waals surface area (Å²) in [4.78, 5) is 13.5. The van der Waals surface area contributed by atoms with Gasteiger partial charge in [-0.05, 0) is 29.3 Å². The van der Waals surface area contributed by atoms with Gasteiger partial charge in [0.05, 0.1) is 6.61 Å². The molecule has 2 rings (SSSR count). The number of benzene rings is 2. The third-order valence-corrected chi connectivity index (χ3v) is 3.30. The molecule has 106 valence electrons. The topological polar surface area (TPSA) is 52.6 Å². The fraction of sp³-hybridized carbons (Fsp3) is 0.312. The second kappa shape index (κ2) is 6.91. The van der Waals surface area contributed by atoms with Gasteiger partial charge in [0.25, 0.3) is 0 Å². The zero-order valence-electron chi connectivity index (χ0n) is 11.7. The van der Waals surface area contributed by atoms with Gasteiger partial charge in [-0.2, -0.15) is 0 Å². The maximum Gasteiger partial charge on any atom is 0.317 e. The molecule has 0 radical (unpaired) electrons. The molecule has 0 aliphatic heterocycles. The summed E-state index contributed by atoms with van der Waals surface area (Å²) in [6.07, 6.45) is 0. The second-order valence-electron chi connectivity index (χ2n) is 4.64. The van der Waals surface area contributed by atoms with E-state index in [1.54, 1.807) is 4.90 Å². The highest BCUT2D eigenvalue weighted by Gasteiger charge is 2.09. The van der Waals surface area contributed by atoms with Crippen molar-refractivity contribution < 1.29 is 9.90 Å². The lowest BCUT2D eigenvalue weighted by Gasteiger charge is -2.20. The van der Waals surface area contributed by atoms with Crippen LogP contribution in [0.1, 0.15) is 12.5 Å². The SMILES string of the molecule is CCN(CCO)C(=O)NCc1ccc2ccccc2c1. The van der Waals surface area contributed by atoms with Crippen LogP contribution in [0.4, 0.5) is 4.79 Å². The fourth-order valence-electron chi connectivity index (χ4n) is 2.16. The molecule has 0 aliphatic rings. The highest BCUT2D eigenvalue weighted by Crippen LogP contribution is 2.15. The number of aliphatic hydroxyl groups is 1. The Labute approximate surface area is 119 Å². The van der Waals surface area contributed by atoms with Crippen LogP contribution in [0.25, 0.3) is 10.8 Å². The Morgan fingerprint density at radius 3 is 2.65 bits per heavy atom. The number of hydrogen-bond donors (Lipinski definition) is 2. The predicted octanol–water partition coefficient (Wildman–Crippen LogP) is 2.36. The van der Waals surface area contributed by atoms with Crippen molar-refractivity contribution in [3.63, 3.8) is 0 Å². The molecule has 4 heteroatoms. The summed E-state index contributed by atoms with van der Waals surface area (Å²) < 4.78 is 0. The smallest absolute Gasteiger partial charge is 0.317 e. The van der Waals surface area contributed by atoms with E-state index in [1.165, 1.54) is 10.8 Å². The number of aliphatic hydroxyl groups excluding tert-OH is 1. The first-order chi connectivity index (χ1) is 9.74. The van der Waals surface area contributed by atoms with Crippen LogP contribution in [0.2, 0.25) is 0 Å². The van der Waals surface area contributed by atoms with E-state index >= 15 is 0 Å². The number of nitrogens with one attached hydrogen (secondary N) is 1. The molecule has 0 atom stereocenters. The van der Waals surface area contributed by atoms with Crippen LogP contribution >= 0.6 is 0 Å². The Balaban J connectivity index is 2.00. The lowest BCUT2D eigenvalue weighted by Crippen LogP contribution is -2.41. The first kappa shape index (κ1) is 14.3. The van der Waals surface area contributed by atoms with Crippen molar-refractivity contribution in [2.45, 2.75) is 13.5 Å². The Hall–Kier alpha value is -2.07. The van der Waals surface area contributed by atoms with Crippen LogP contribution in [0.5, 0.6) is 0 Å². The molecule has 0 aliphatic carbocycles. The van der Waals surface area contributed by atoms with Crippen LogP contribution < -0.4 is 5.32 Å². The van der Waals surface area contributed by atoms with Crippen LogP contribution in [0.15, 0.2) is 42.5 Å². The standard InChI is InChI=1S/C16H20N2O2/c1-2-18(9-10-19)16(20)17-12-13-7-8-14-5-3-4-6-15(14)11-13/h3-8,11,19H,2,9-10,12H2,1H3,(H,17,20). The van der Waals surface area contributed by atoms with Crippen LogP contribution in [-0.2, 0) is 6.54 Å². The van der Waals surface area contributed by atoms with E-state index in [9.17, 15) is 4.79 Å². The molecule has 0 saturated carbocycles. The first-order valence-corrected chi connectivity index (χ1v) is 6.86. The van der Waals surface area contributed by atoms with Gasteiger partial charge in [0.15, 0.2) is 0 Å². The number of likely N-dealkylation sites (N-methyl/N-ethyl adjacent to an activating group) is 1. The molecule has 4 nitrogen and oxygen atoms in total. The lowest BCUT2D eigenvalue weighted by atomic mass is 10.1. The number of carbonyl (C=O) groups is 1.